The van der Waals surface area contributed by atoms with Crippen LogP contribution < -0.4 is 4.74 Å². The Balaban J connectivity index is 2.74. The number of carbonyl (C=O) groups is 2. The minimum Gasteiger partial charge on any atom is -0.508 e. The van der Waals surface area contributed by atoms with E-state index in [9.17, 15) is 24.9 Å². The first-order chi connectivity index (χ1) is 9.36. The number of Topliss-reactive ketones (excluding diaryl/α,β-unsaturated/α-hetero) is 1. The summed E-state index contributed by atoms with van der Waals surface area (Å²) < 4.78 is 4.95. The SMILES string of the molecule is COc1cc(O)cc(C2=C(C)C[C@@H](O)C2=O)c1C(=O)O. The Morgan fingerprint density at radius 3 is 2.50 bits per heavy atom. The van der Waals surface area contributed by atoms with Crippen molar-refractivity contribution >= 4 is 17.3 Å². The van der Waals surface area contributed by atoms with Crippen LogP contribution in [0.2, 0.25) is 0 Å². The molecule has 0 amide bonds. The zero-order valence-corrected chi connectivity index (χ0v) is 11.0. The summed E-state index contributed by atoms with van der Waals surface area (Å²) in [5.41, 5.74) is 0.567. The van der Waals surface area contributed by atoms with Crippen LogP contribution >= 0.6 is 0 Å². The van der Waals surface area contributed by atoms with Crippen LogP contribution in [0.3, 0.4) is 0 Å². The number of phenolic OH excluding ortho intramolecular Hbond substituents is 1. The minimum absolute atomic E-state index is 0.0398. The fourth-order valence-electron chi connectivity index (χ4n) is 2.40. The van der Waals surface area contributed by atoms with E-state index in [4.69, 9.17) is 4.74 Å². The van der Waals surface area contributed by atoms with Crippen LogP contribution in [0.1, 0.15) is 29.3 Å². The summed E-state index contributed by atoms with van der Waals surface area (Å²) in [4.78, 5) is 23.4. The molecule has 0 aromatic heterocycles. The molecular formula is C14H14O6. The van der Waals surface area contributed by atoms with E-state index in [-0.39, 0.29) is 34.6 Å². The molecule has 0 fully saturated rings. The number of aliphatic hydroxyl groups excluding tert-OH is 1. The van der Waals surface area contributed by atoms with Crippen molar-refractivity contribution in [3.63, 3.8) is 0 Å². The molecule has 1 aliphatic rings. The highest BCUT2D eigenvalue weighted by Crippen LogP contribution is 2.38. The first-order valence-corrected chi connectivity index (χ1v) is 5.93. The number of ketones is 1. The summed E-state index contributed by atoms with van der Waals surface area (Å²) in [7, 11) is 1.28. The normalized spacial score (nSPS) is 18.6. The van der Waals surface area contributed by atoms with Gasteiger partial charge in [0, 0.05) is 23.6 Å². The Hall–Kier alpha value is -2.34. The molecule has 6 nitrogen and oxygen atoms in total. The fourth-order valence-corrected chi connectivity index (χ4v) is 2.40. The molecule has 1 aliphatic carbocycles. The summed E-state index contributed by atoms with van der Waals surface area (Å²) in [6.45, 7) is 1.64. The fraction of sp³-hybridized carbons (Fsp3) is 0.286. The van der Waals surface area contributed by atoms with Crippen molar-refractivity contribution in [1.82, 2.24) is 0 Å². The second-order valence-electron chi connectivity index (χ2n) is 4.62. The van der Waals surface area contributed by atoms with Gasteiger partial charge >= 0.3 is 5.97 Å². The quantitative estimate of drug-likeness (QED) is 0.767. The Morgan fingerprint density at radius 2 is 2.05 bits per heavy atom. The lowest BCUT2D eigenvalue weighted by atomic mass is 9.95. The first kappa shape index (κ1) is 14.1. The van der Waals surface area contributed by atoms with Crippen LogP contribution in [0.4, 0.5) is 0 Å². The highest BCUT2D eigenvalue weighted by Gasteiger charge is 2.33. The van der Waals surface area contributed by atoms with Crippen molar-refractivity contribution in [2.24, 2.45) is 0 Å². The second-order valence-corrected chi connectivity index (χ2v) is 4.62. The standard InChI is InChI=1S/C14H14O6/c1-6-3-9(16)13(17)11(6)8-4-7(15)5-10(20-2)12(8)14(18)19/h4-5,9,15-16H,3H2,1-2H3,(H,18,19)/t9-/m1/s1. The second kappa shape index (κ2) is 4.97. The maximum absolute atomic E-state index is 12.0. The number of ether oxygens (including phenoxy) is 1. The summed E-state index contributed by atoms with van der Waals surface area (Å²) in [5, 5.41) is 28.6. The smallest absolute Gasteiger partial charge is 0.340 e. The molecule has 0 saturated carbocycles. The Morgan fingerprint density at radius 1 is 1.40 bits per heavy atom. The third kappa shape index (κ3) is 2.14. The summed E-state index contributed by atoms with van der Waals surface area (Å²) >= 11 is 0. The van der Waals surface area contributed by atoms with E-state index in [0.717, 1.165) is 0 Å². The van der Waals surface area contributed by atoms with E-state index in [2.05, 4.69) is 0 Å². The van der Waals surface area contributed by atoms with Gasteiger partial charge in [0.15, 0.2) is 5.78 Å². The number of aliphatic hydroxyl groups is 1. The molecule has 0 saturated heterocycles. The summed E-state index contributed by atoms with van der Waals surface area (Å²) in [6, 6.07) is 2.36. The van der Waals surface area contributed by atoms with Gasteiger partial charge in [-0.05, 0) is 13.0 Å². The topological polar surface area (TPSA) is 104 Å². The molecule has 1 aromatic rings. The van der Waals surface area contributed by atoms with Crippen molar-refractivity contribution in [1.29, 1.82) is 0 Å². The number of phenols is 1. The van der Waals surface area contributed by atoms with Crippen molar-refractivity contribution in [2.45, 2.75) is 19.4 Å². The van der Waals surface area contributed by atoms with Crippen LogP contribution in [-0.2, 0) is 4.79 Å². The maximum Gasteiger partial charge on any atom is 0.340 e. The molecule has 0 radical (unpaired) electrons. The molecular weight excluding hydrogens is 264 g/mol. The zero-order valence-electron chi connectivity index (χ0n) is 11.0. The minimum atomic E-state index is -1.27. The van der Waals surface area contributed by atoms with Gasteiger partial charge in [-0.1, -0.05) is 5.57 Å². The number of rotatable bonds is 3. The molecule has 3 N–H and O–H groups in total. The number of methoxy groups -OCH3 is 1. The first-order valence-electron chi connectivity index (χ1n) is 5.93. The Kier molecular flexibility index (Phi) is 3.50. The molecule has 2 rings (SSSR count). The van der Waals surface area contributed by atoms with E-state index < -0.39 is 17.9 Å². The molecule has 1 aromatic carbocycles. The molecule has 106 valence electrons. The van der Waals surface area contributed by atoms with Crippen LogP contribution in [0, 0.1) is 0 Å². The molecule has 0 unspecified atom stereocenters. The highest BCUT2D eigenvalue weighted by molar-refractivity contribution is 6.27. The molecule has 20 heavy (non-hydrogen) atoms. The van der Waals surface area contributed by atoms with Gasteiger partial charge in [0.2, 0.25) is 0 Å². The Labute approximate surface area is 114 Å². The number of hydrogen-bond acceptors (Lipinski definition) is 5. The molecule has 0 spiro atoms. The lowest BCUT2D eigenvalue weighted by molar-refractivity contribution is -0.120. The third-order valence-corrected chi connectivity index (χ3v) is 3.27. The van der Waals surface area contributed by atoms with Crippen LogP contribution in [-0.4, -0.2) is 40.3 Å². The van der Waals surface area contributed by atoms with Gasteiger partial charge < -0.3 is 20.1 Å². The zero-order chi connectivity index (χ0) is 15.0. The molecule has 0 bridgehead atoms. The predicted octanol–water partition coefficient (Wildman–Crippen LogP) is 1.21. The van der Waals surface area contributed by atoms with Crippen LogP contribution in [0.5, 0.6) is 11.5 Å². The highest BCUT2D eigenvalue weighted by atomic mass is 16.5. The van der Waals surface area contributed by atoms with Crippen LogP contribution in [0.15, 0.2) is 17.7 Å². The number of carboxylic acid groups (broad SMARTS) is 1. The van der Waals surface area contributed by atoms with E-state index in [1.807, 2.05) is 0 Å². The number of aromatic hydroxyl groups is 1. The number of carboxylic acids is 1. The van der Waals surface area contributed by atoms with Gasteiger partial charge in [-0.25, -0.2) is 4.79 Å². The van der Waals surface area contributed by atoms with Gasteiger partial charge in [0.1, 0.15) is 23.2 Å². The average molecular weight is 278 g/mol. The van der Waals surface area contributed by atoms with Crippen molar-refractivity contribution in [2.75, 3.05) is 7.11 Å². The van der Waals surface area contributed by atoms with E-state index in [1.165, 1.54) is 19.2 Å². The van der Waals surface area contributed by atoms with E-state index >= 15 is 0 Å². The van der Waals surface area contributed by atoms with E-state index in [1.54, 1.807) is 6.92 Å². The maximum atomic E-state index is 12.0. The van der Waals surface area contributed by atoms with Gasteiger partial charge in [-0.15, -0.1) is 0 Å². The number of carbonyl (C=O) groups excluding carboxylic acids is 1. The molecule has 0 aliphatic heterocycles. The predicted molar refractivity (Wildman–Crippen MR) is 69.8 cm³/mol. The summed E-state index contributed by atoms with van der Waals surface area (Å²) in [5.74, 6) is -2.07. The largest absolute Gasteiger partial charge is 0.508 e. The number of hydrogen-bond donors (Lipinski definition) is 3. The van der Waals surface area contributed by atoms with Crippen LogP contribution in [0.25, 0.3) is 5.57 Å². The summed E-state index contributed by atoms with van der Waals surface area (Å²) in [6.07, 6.45) is -1.01. The molecule has 1 atom stereocenters. The van der Waals surface area contributed by atoms with Gasteiger partial charge in [0.25, 0.3) is 0 Å². The van der Waals surface area contributed by atoms with Gasteiger partial charge in [0.05, 0.1) is 7.11 Å². The number of benzene rings is 1. The molecule has 0 heterocycles. The lowest BCUT2D eigenvalue weighted by Crippen LogP contribution is -2.16. The van der Waals surface area contributed by atoms with Crippen molar-refractivity contribution in [3.05, 3.63) is 28.8 Å². The molecule has 6 heteroatoms. The van der Waals surface area contributed by atoms with Gasteiger partial charge in [-0.2, -0.15) is 0 Å². The van der Waals surface area contributed by atoms with Crippen molar-refractivity contribution in [3.8, 4) is 11.5 Å². The lowest BCUT2D eigenvalue weighted by Gasteiger charge is -2.13. The van der Waals surface area contributed by atoms with E-state index in [0.29, 0.717) is 5.57 Å². The third-order valence-electron chi connectivity index (χ3n) is 3.27. The monoisotopic (exact) mass is 278 g/mol. The average Bonchev–Trinajstić information content (AvgIpc) is 2.61. The van der Waals surface area contributed by atoms with Crippen molar-refractivity contribution < 1.29 is 29.6 Å². The Bertz CT molecular complexity index is 629. The number of aromatic carboxylic acids is 1. The van der Waals surface area contributed by atoms with Gasteiger partial charge in [-0.3, -0.25) is 4.79 Å².